The van der Waals surface area contributed by atoms with Gasteiger partial charge in [0.15, 0.2) is 22.7 Å². The number of aromatic hydroxyl groups is 2. The van der Waals surface area contributed by atoms with Crippen LogP contribution in [0.25, 0.3) is 11.2 Å². The van der Waals surface area contributed by atoms with Crippen molar-refractivity contribution >= 4 is 11.2 Å². The van der Waals surface area contributed by atoms with Gasteiger partial charge in [0.1, 0.15) is 5.82 Å². The molecule has 0 saturated heterocycles. The molecule has 4 rings (SSSR count). The summed E-state index contributed by atoms with van der Waals surface area (Å²) in [5.74, 6) is 0.504. The Bertz CT molecular complexity index is 1420. The number of aromatic nitrogens is 4. The number of nitrogens with zero attached hydrogens (tertiary/aromatic N) is 4. The molecule has 0 aliphatic rings. The minimum atomic E-state index is -0.393. The van der Waals surface area contributed by atoms with Crippen molar-refractivity contribution in [2.45, 2.75) is 25.8 Å². The highest BCUT2D eigenvalue weighted by Crippen LogP contribution is 2.24. The van der Waals surface area contributed by atoms with E-state index in [0.717, 1.165) is 34.5 Å². The van der Waals surface area contributed by atoms with Crippen LogP contribution in [0.15, 0.2) is 58.1 Å². The van der Waals surface area contributed by atoms with Crippen molar-refractivity contribution in [1.82, 2.24) is 24.0 Å². The Balaban J connectivity index is 1.49. The van der Waals surface area contributed by atoms with Gasteiger partial charge in [-0.25, -0.2) is 9.78 Å². The number of hydrogen-bond donors (Lipinski definition) is 3. The smallest absolute Gasteiger partial charge is 0.332 e. The van der Waals surface area contributed by atoms with Gasteiger partial charge in [0.2, 0.25) is 0 Å². The fraction of sp³-hybridized carbons (Fsp3) is 0.320. The summed E-state index contributed by atoms with van der Waals surface area (Å²) < 4.78 is 4.48. The van der Waals surface area contributed by atoms with Crippen molar-refractivity contribution in [1.29, 1.82) is 0 Å². The van der Waals surface area contributed by atoms with E-state index in [1.807, 2.05) is 34.9 Å². The summed E-state index contributed by atoms with van der Waals surface area (Å²) in [5, 5.41) is 22.4. The molecule has 3 N–H and O–H groups in total. The summed E-state index contributed by atoms with van der Waals surface area (Å²) >= 11 is 0. The summed E-state index contributed by atoms with van der Waals surface area (Å²) in [4.78, 5) is 30.1. The molecule has 34 heavy (non-hydrogen) atoms. The topological polar surface area (TPSA) is 114 Å². The summed E-state index contributed by atoms with van der Waals surface area (Å²) in [6, 6.07) is 14.7. The first kappa shape index (κ1) is 23.3. The third kappa shape index (κ3) is 4.74. The maximum absolute atomic E-state index is 13.0. The molecular weight excluding hydrogens is 434 g/mol. The Kier molecular flexibility index (Phi) is 6.83. The first-order chi connectivity index (χ1) is 16.4. The van der Waals surface area contributed by atoms with Crippen LogP contribution in [0.1, 0.15) is 23.4 Å². The Morgan fingerprint density at radius 2 is 1.68 bits per heavy atom. The standard InChI is InChI=1S/C25H29N5O4/c1-28-23-22(24(33)29(2)25(28)34)30(21(27-23)16-17-7-4-3-5-8-17)14-6-12-26-13-11-18-9-10-19(31)20(32)15-18/h3-5,7-10,15,26,31-32H,6,11-14,16H2,1-2H3. The molecule has 2 heterocycles. The first-order valence-electron chi connectivity index (χ1n) is 11.3. The molecular formula is C25H29N5O4. The Hall–Kier alpha value is -3.85. The largest absolute Gasteiger partial charge is 0.504 e. The van der Waals surface area contributed by atoms with Crippen molar-refractivity contribution in [2.24, 2.45) is 14.1 Å². The third-order valence-corrected chi connectivity index (χ3v) is 6.00. The van der Waals surface area contributed by atoms with Gasteiger partial charge in [-0.1, -0.05) is 36.4 Å². The molecule has 2 aromatic carbocycles. The average molecular weight is 464 g/mol. The quantitative estimate of drug-likeness (QED) is 0.257. The van der Waals surface area contributed by atoms with Crippen molar-refractivity contribution in [2.75, 3.05) is 13.1 Å². The second-order valence-corrected chi connectivity index (χ2v) is 8.40. The number of hydrogen-bond acceptors (Lipinski definition) is 6. The van der Waals surface area contributed by atoms with E-state index in [1.165, 1.54) is 17.7 Å². The Morgan fingerprint density at radius 1 is 0.912 bits per heavy atom. The molecule has 0 radical (unpaired) electrons. The fourth-order valence-corrected chi connectivity index (χ4v) is 4.09. The van der Waals surface area contributed by atoms with Crippen LogP contribution in [0.3, 0.4) is 0 Å². The molecule has 0 spiro atoms. The number of aryl methyl sites for hydroxylation is 2. The monoisotopic (exact) mass is 463 g/mol. The fourth-order valence-electron chi connectivity index (χ4n) is 4.09. The van der Waals surface area contributed by atoms with Gasteiger partial charge < -0.3 is 20.1 Å². The number of imidazole rings is 1. The molecule has 9 nitrogen and oxygen atoms in total. The van der Waals surface area contributed by atoms with Gasteiger partial charge in [-0.3, -0.25) is 13.9 Å². The van der Waals surface area contributed by atoms with E-state index < -0.39 is 5.69 Å². The minimum Gasteiger partial charge on any atom is -0.504 e. The molecule has 0 bridgehead atoms. The molecule has 4 aromatic rings. The average Bonchev–Trinajstić information content (AvgIpc) is 3.19. The Labute approximate surface area is 196 Å². The summed E-state index contributed by atoms with van der Waals surface area (Å²) in [7, 11) is 3.12. The highest BCUT2D eigenvalue weighted by Gasteiger charge is 2.19. The van der Waals surface area contributed by atoms with E-state index in [9.17, 15) is 19.8 Å². The molecule has 0 fully saturated rings. The highest BCUT2D eigenvalue weighted by molar-refractivity contribution is 5.71. The second-order valence-electron chi connectivity index (χ2n) is 8.40. The van der Waals surface area contributed by atoms with Crippen LogP contribution in [-0.4, -0.2) is 42.0 Å². The number of phenolic OH excluding ortho intramolecular Hbond substituents is 2. The van der Waals surface area contributed by atoms with E-state index in [0.29, 0.717) is 37.1 Å². The lowest BCUT2D eigenvalue weighted by Gasteiger charge is -2.11. The van der Waals surface area contributed by atoms with Crippen LogP contribution < -0.4 is 16.6 Å². The van der Waals surface area contributed by atoms with E-state index in [1.54, 1.807) is 19.2 Å². The molecule has 0 saturated carbocycles. The van der Waals surface area contributed by atoms with E-state index in [-0.39, 0.29) is 17.1 Å². The second kappa shape index (κ2) is 9.96. The van der Waals surface area contributed by atoms with Gasteiger partial charge in [-0.15, -0.1) is 0 Å². The van der Waals surface area contributed by atoms with Gasteiger partial charge in [-0.05, 0) is 49.2 Å². The SMILES string of the molecule is Cn1c(=O)c2c(nc(Cc3ccccc3)n2CCCNCCc2ccc(O)c(O)c2)n(C)c1=O. The molecule has 0 unspecified atom stereocenters. The van der Waals surface area contributed by atoms with Crippen LogP contribution in [-0.2, 0) is 33.5 Å². The van der Waals surface area contributed by atoms with Crippen LogP contribution in [0, 0.1) is 0 Å². The van der Waals surface area contributed by atoms with Gasteiger partial charge in [0, 0.05) is 27.1 Å². The molecule has 178 valence electrons. The first-order valence-corrected chi connectivity index (χ1v) is 11.3. The van der Waals surface area contributed by atoms with Crippen LogP contribution >= 0.6 is 0 Å². The van der Waals surface area contributed by atoms with Gasteiger partial charge in [0.25, 0.3) is 5.56 Å². The predicted octanol–water partition coefficient (Wildman–Crippen LogP) is 1.66. The van der Waals surface area contributed by atoms with Gasteiger partial charge in [0.05, 0.1) is 0 Å². The zero-order chi connectivity index (χ0) is 24.2. The molecule has 0 aliphatic carbocycles. The maximum Gasteiger partial charge on any atom is 0.332 e. The van der Waals surface area contributed by atoms with Crippen LogP contribution in [0.4, 0.5) is 0 Å². The Morgan fingerprint density at radius 3 is 2.41 bits per heavy atom. The van der Waals surface area contributed by atoms with Crippen molar-refractivity contribution in [3.05, 3.63) is 86.3 Å². The number of nitrogens with one attached hydrogen (secondary N) is 1. The minimum absolute atomic E-state index is 0.119. The number of benzene rings is 2. The van der Waals surface area contributed by atoms with Gasteiger partial charge in [-0.2, -0.15) is 0 Å². The normalized spacial score (nSPS) is 11.4. The molecule has 9 heteroatoms. The number of rotatable bonds is 9. The summed E-state index contributed by atoms with van der Waals surface area (Å²) in [6.45, 7) is 2.02. The summed E-state index contributed by atoms with van der Waals surface area (Å²) in [5.41, 5.74) is 2.11. The zero-order valence-electron chi connectivity index (χ0n) is 19.4. The van der Waals surface area contributed by atoms with Crippen molar-refractivity contribution < 1.29 is 10.2 Å². The van der Waals surface area contributed by atoms with Gasteiger partial charge >= 0.3 is 5.69 Å². The predicted molar refractivity (Wildman–Crippen MR) is 130 cm³/mol. The molecule has 2 aromatic heterocycles. The number of fused-ring (bicyclic) bond motifs is 1. The lowest BCUT2D eigenvalue weighted by Crippen LogP contribution is -2.37. The molecule has 0 aliphatic heterocycles. The molecule has 0 atom stereocenters. The van der Waals surface area contributed by atoms with Crippen molar-refractivity contribution in [3.63, 3.8) is 0 Å². The lowest BCUT2D eigenvalue weighted by atomic mass is 10.1. The summed E-state index contributed by atoms with van der Waals surface area (Å²) in [6.07, 6.45) is 2.04. The third-order valence-electron chi connectivity index (χ3n) is 6.00. The molecule has 0 amide bonds. The van der Waals surface area contributed by atoms with Crippen LogP contribution in [0.5, 0.6) is 11.5 Å². The van der Waals surface area contributed by atoms with Crippen molar-refractivity contribution in [3.8, 4) is 11.5 Å². The highest BCUT2D eigenvalue weighted by atomic mass is 16.3. The van der Waals surface area contributed by atoms with E-state index >= 15 is 0 Å². The maximum atomic E-state index is 13.0. The number of phenols is 2. The van der Waals surface area contributed by atoms with Crippen LogP contribution in [0.2, 0.25) is 0 Å². The lowest BCUT2D eigenvalue weighted by molar-refractivity contribution is 0.403. The zero-order valence-corrected chi connectivity index (χ0v) is 19.4. The van der Waals surface area contributed by atoms with E-state index in [4.69, 9.17) is 0 Å². The van der Waals surface area contributed by atoms with E-state index in [2.05, 4.69) is 10.3 Å².